The molecule has 0 bridgehead atoms. The summed E-state index contributed by atoms with van der Waals surface area (Å²) in [6, 6.07) is 0. The summed E-state index contributed by atoms with van der Waals surface area (Å²) >= 11 is 0. The van der Waals surface area contributed by atoms with E-state index in [0.29, 0.717) is 19.4 Å². The van der Waals surface area contributed by atoms with Gasteiger partial charge < -0.3 is 15.6 Å². The lowest BCUT2D eigenvalue weighted by Gasteiger charge is -2.21. The molecular weight excluding hydrogens is 194 g/mol. The highest BCUT2D eigenvalue weighted by molar-refractivity contribution is 5.73. The summed E-state index contributed by atoms with van der Waals surface area (Å²) < 4.78 is 5.27. The monoisotopic (exact) mass is 215 g/mol. The lowest BCUT2D eigenvalue weighted by atomic mass is 10.0. The zero-order valence-electron chi connectivity index (χ0n) is 9.69. The van der Waals surface area contributed by atoms with Crippen LogP contribution in [0.25, 0.3) is 0 Å². The van der Waals surface area contributed by atoms with Crippen molar-refractivity contribution in [1.29, 1.82) is 0 Å². The van der Waals surface area contributed by atoms with Gasteiger partial charge in [0.05, 0.1) is 12.0 Å². The molecule has 15 heavy (non-hydrogen) atoms. The molecule has 1 saturated carbocycles. The molecule has 0 spiro atoms. The van der Waals surface area contributed by atoms with Gasteiger partial charge in [0.1, 0.15) is 5.60 Å². The van der Waals surface area contributed by atoms with Gasteiger partial charge in [-0.15, -0.1) is 0 Å². The number of esters is 1. The van der Waals surface area contributed by atoms with Gasteiger partial charge in [-0.05, 0) is 46.1 Å². The van der Waals surface area contributed by atoms with Gasteiger partial charge in [0, 0.05) is 0 Å². The van der Waals surface area contributed by atoms with Crippen molar-refractivity contribution in [3.8, 4) is 0 Å². The molecule has 0 saturated heterocycles. The van der Waals surface area contributed by atoms with Crippen molar-refractivity contribution in [2.24, 2.45) is 17.6 Å². The molecule has 3 N–H and O–H groups in total. The Kier molecular flexibility index (Phi) is 3.73. The van der Waals surface area contributed by atoms with E-state index in [9.17, 15) is 9.90 Å². The zero-order valence-corrected chi connectivity index (χ0v) is 9.69. The molecule has 0 aliphatic heterocycles. The van der Waals surface area contributed by atoms with E-state index in [0.717, 1.165) is 0 Å². The number of nitrogens with two attached hydrogens (primary N) is 1. The van der Waals surface area contributed by atoms with Crippen molar-refractivity contribution in [3.05, 3.63) is 0 Å². The van der Waals surface area contributed by atoms with Crippen LogP contribution in [0.2, 0.25) is 0 Å². The van der Waals surface area contributed by atoms with Gasteiger partial charge in [0.25, 0.3) is 0 Å². The van der Waals surface area contributed by atoms with Crippen molar-refractivity contribution in [2.75, 3.05) is 6.54 Å². The van der Waals surface area contributed by atoms with Crippen LogP contribution in [0.15, 0.2) is 0 Å². The number of hydrogen-bond donors (Lipinski definition) is 2. The second-order valence-electron chi connectivity index (χ2n) is 5.26. The summed E-state index contributed by atoms with van der Waals surface area (Å²) in [6.45, 7) is 5.96. The summed E-state index contributed by atoms with van der Waals surface area (Å²) in [6.07, 6.45) is 0.677. The standard InChI is InChI=1S/C11H21NO3/c1-11(2,3)15-10(14)7-4-8(6-12)9(13)5-7/h7-9,13H,4-6,12H2,1-3H3/t7-,8+,9+/m1/s1. The summed E-state index contributed by atoms with van der Waals surface area (Å²) in [5.41, 5.74) is 5.05. The number of carbonyl (C=O) groups excluding carboxylic acids is 1. The third-order valence-corrected chi connectivity index (χ3v) is 2.70. The van der Waals surface area contributed by atoms with Gasteiger partial charge >= 0.3 is 5.97 Å². The molecular formula is C11H21NO3. The van der Waals surface area contributed by atoms with Crippen LogP contribution < -0.4 is 5.73 Å². The predicted octanol–water partition coefficient (Wildman–Crippen LogP) is 0.674. The highest BCUT2D eigenvalue weighted by Gasteiger charge is 2.38. The number of hydrogen-bond acceptors (Lipinski definition) is 4. The number of carbonyl (C=O) groups is 1. The topological polar surface area (TPSA) is 72.5 Å². The normalized spacial score (nSPS) is 31.7. The smallest absolute Gasteiger partial charge is 0.309 e. The van der Waals surface area contributed by atoms with Crippen LogP contribution in [-0.2, 0) is 9.53 Å². The molecule has 0 amide bonds. The second kappa shape index (κ2) is 4.49. The minimum Gasteiger partial charge on any atom is -0.460 e. The van der Waals surface area contributed by atoms with Crippen LogP contribution >= 0.6 is 0 Å². The number of rotatable bonds is 2. The van der Waals surface area contributed by atoms with E-state index < -0.39 is 11.7 Å². The second-order valence-corrected chi connectivity index (χ2v) is 5.26. The first-order valence-electron chi connectivity index (χ1n) is 5.44. The predicted molar refractivity (Wildman–Crippen MR) is 57.1 cm³/mol. The molecule has 4 nitrogen and oxygen atoms in total. The number of aliphatic hydroxyl groups excluding tert-OH is 1. The summed E-state index contributed by atoms with van der Waals surface area (Å²) in [4.78, 5) is 11.7. The maximum atomic E-state index is 11.7. The molecule has 1 rings (SSSR count). The molecule has 88 valence electrons. The Hall–Kier alpha value is -0.610. The minimum absolute atomic E-state index is 0.0440. The van der Waals surface area contributed by atoms with Crippen molar-refractivity contribution in [1.82, 2.24) is 0 Å². The van der Waals surface area contributed by atoms with E-state index in [1.165, 1.54) is 0 Å². The molecule has 0 unspecified atom stereocenters. The Balaban J connectivity index is 2.50. The van der Waals surface area contributed by atoms with Crippen LogP contribution in [-0.4, -0.2) is 29.3 Å². The molecule has 4 heteroatoms. The van der Waals surface area contributed by atoms with Crippen LogP contribution in [0.4, 0.5) is 0 Å². The van der Waals surface area contributed by atoms with Gasteiger partial charge in [0.2, 0.25) is 0 Å². The van der Waals surface area contributed by atoms with E-state index in [1.54, 1.807) is 0 Å². The van der Waals surface area contributed by atoms with Crippen molar-refractivity contribution in [3.63, 3.8) is 0 Å². The molecule has 0 heterocycles. The Morgan fingerprint density at radius 1 is 1.47 bits per heavy atom. The fraction of sp³-hybridized carbons (Fsp3) is 0.909. The third-order valence-electron chi connectivity index (χ3n) is 2.70. The third kappa shape index (κ3) is 3.47. The van der Waals surface area contributed by atoms with Gasteiger partial charge in [-0.1, -0.05) is 0 Å². The Bertz CT molecular complexity index is 234. The summed E-state index contributed by atoms with van der Waals surface area (Å²) in [5.74, 6) is -0.354. The van der Waals surface area contributed by atoms with Crippen molar-refractivity contribution < 1.29 is 14.6 Å². The van der Waals surface area contributed by atoms with E-state index in [2.05, 4.69) is 0 Å². The lowest BCUT2D eigenvalue weighted by Crippen LogP contribution is -2.28. The average Bonchev–Trinajstić information content (AvgIpc) is 2.43. The first-order chi connectivity index (χ1) is 6.83. The molecule has 0 aromatic carbocycles. The molecule has 1 fully saturated rings. The Morgan fingerprint density at radius 3 is 2.47 bits per heavy atom. The Labute approximate surface area is 90.8 Å². The zero-order chi connectivity index (χ0) is 11.6. The molecule has 1 aliphatic rings. The van der Waals surface area contributed by atoms with Crippen LogP contribution in [0.5, 0.6) is 0 Å². The molecule has 1 aliphatic carbocycles. The first-order valence-corrected chi connectivity index (χ1v) is 5.44. The molecule has 0 aromatic rings. The largest absolute Gasteiger partial charge is 0.460 e. The fourth-order valence-electron chi connectivity index (χ4n) is 1.93. The van der Waals surface area contributed by atoms with E-state index >= 15 is 0 Å². The first kappa shape index (κ1) is 12.5. The minimum atomic E-state index is -0.456. The highest BCUT2D eigenvalue weighted by Crippen LogP contribution is 2.32. The Morgan fingerprint density at radius 2 is 2.07 bits per heavy atom. The molecule has 0 radical (unpaired) electrons. The maximum absolute atomic E-state index is 11.7. The van der Waals surface area contributed by atoms with E-state index in [-0.39, 0.29) is 17.8 Å². The molecule has 3 atom stereocenters. The van der Waals surface area contributed by atoms with E-state index in [4.69, 9.17) is 10.5 Å². The highest BCUT2D eigenvalue weighted by atomic mass is 16.6. The van der Waals surface area contributed by atoms with Crippen molar-refractivity contribution in [2.45, 2.75) is 45.3 Å². The summed E-state index contributed by atoms with van der Waals surface area (Å²) in [7, 11) is 0. The van der Waals surface area contributed by atoms with Gasteiger partial charge in [0.15, 0.2) is 0 Å². The maximum Gasteiger partial charge on any atom is 0.309 e. The van der Waals surface area contributed by atoms with Gasteiger partial charge in [-0.2, -0.15) is 0 Å². The number of aliphatic hydroxyl groups is 1. The lowest BCUT2D eigenvalue weighted by molar-refractivity contribution is -0.160. The average molecular weight is 215 g/mol. The SMILES string of the molecule is CC(C)(C)OC(=O)[C@@H]1C[C@@H](CN)[C@@H](O)C1. The molecule has 0 aromatic heterocycles. The van der Waals surface area contributed by atoms with E-state index in [1.807, 2.05) is 20.8 Å². The fourth-order valence-corrected chi connectivity index (χ4v) is 1.93. The quantitative estimate of drug-likeness (QED) is 0.664. The van der Waals surface area contributed by atoms with Gasteiger partial charge in [-0.25, -0.2) is 0 Å². The van der Waals surface area contributed by atoms with Crippen LogP contribution in [0.3, 0.4) is 0 Å². The summed E-state index contributed by atoms with van der Waals surface area (Å²) in [5, 5.41) is 9.62. The van der Waals surface area contributed by atoms with Crippen LogP contribution in [0.1, 0.15) is 33.6 Å². The number of ether oxygens (including phenoxy) is 1. The van der Waals surface area contributed by atoms with Crippen LogP contribution in [0, 0.1) is 11.8 Å². The van der Waals surface area contributed by atoms with Crippen molar-refractivity contribution >= 4 is 5.97 Å². The van der Waals surface area contributed by atoms with Gasteiger partial charge in [-0.3, -0.25) is 4.79 Å².